The Bertz CT molecular complexity index is 1900. The predicted molar refractivity (Wildman–Crippen MR) is 226 cm³/mol. The normalized spacial score (nSPS) is 12.2. The van der Waals surface area contributed by atoms with Crippen molar-refractivity contribution in [2.24, 2.45) is 10.8 Å². The summed E-state index contributed by atoms with van der Waals surface area (Å²) in [5.41, 5.74) is 14.7. The minimum absolute atomic E-state index is 0.500. The minimum Gasteiger partial charge on any atom is -0.347 e. The molecule has 2 aromatic heterocycles. The first-order valence-electron chi connectivity index (χ1n) is 18.8. The number of hydrogen-bond acceptors (Lipinski definition) is 4. The molecule has 0 fully saturated rings. The first kappa shape index (κ1) is 41.4. The van der Waals surface area contributed by atoms with E-state index in [1.807, 2.05) is 37.6 Å². The Labute approximate surface area is 310 Å². The molecule has 51 heavy (non-hydrogen) atoms. The molecule has 0 saturated carbocycles. The standard InChI is InChI=1S/C34H34N4.2C5H12.C3H8/c1-20(2)16-29-21(3)17-30-22(4)26(25-18-36-34(37-19-25)38(5)6)12-13-27(30)32(29)28-11-10-23-8-7-9-24-14-15-35-33(28)31(23)24;2*1-5(2,3)4;1-3-2/h10-15,17-19H,1,7-9,16H2,2-6H3;2*1-4H3;3H2,1-2H3. The quantitative estimate of drug-likeness (QED) is 0.173. The largest absolute Gasteiger partial charge is 0.347 e. The van der Waals surface area contributed by atoms with Gasteiger partial charge in [0.25, 0.3) is 0 Å². The van der Waals surface area contributed by atoms with Crippen molar-refractivity contribution in [3.05, 3.63) is 95.0 Å². The summed E-state index contributed by atoms with van der Waals surface area (Å²) in [5, 5.41) is 3.88. The van der Waals surface area contributed by atoms with Gasteiger partial charge in [-0.2, -0.15) is 0 Å². The van der Waals surface area contributed by atoms with Crippen molar-refractivity contribution >= 4 is 27.6 Å². The smallest absolute Gasteiger partial charge is 0.224 e. The van der Waals surface area contributed by atoms with Crippen LogP contribution in [0, 0.1) is 24.7 Å². The van der Waals surface area contributed by atoms with E-state index in [1.54, 1.807) is 0 Å². The van der Waals surface area contributed by atoms with Gasteiger partial charge in [0.1, 0.15) is 0 Å². The number of hydrogen-bond donors (Lipinski definition) is 0. The molecule has 0 N–H and O–H groups in total. The van der Waals surface area contributed by atoms with E-state index in [2.05, 4.69) is 143 Å². The third-order valence-corrected chi connectivity index (χ3v) is 7.98. The second-order valence-corrected chi connectivity index (χ2v) is 17.7. The summed E-state index contributed by atoms with van der Waals surface area (Å²) in [5.74, 6) is 0.713. The van der Waals surface area contributed by atoms with Gasteiger partial charge in [0.05, 0.1) is 5.52 Å². The maximum absolute atomic E-state index is 4.98. The molecular formula is C47H66N4. The summed E-state index contributed by atoms with van der Waals surface area (Å²) in [6, 6.07) is 13.7. The second kappa shape index (κ2) is 17.4. The van der Waals surface area contributed by atoms with Gasteiger partial charge in [-0.15, -0.1) is 0 Å². The molecule has 4 heteroatoms. The van der Waals surface area contributed by atoms with Gasteiger partial charge >= 0.3 is 0 Å². The zero-order valence-electron chi connectivity index (χ0n) is 34.7. The number of rotatable bonds is 5. The SMILES string of the molecule is C=C(C)Cc1c(C)cc2c(C)c(-c3cnc(N(C)C)nc3)ccc2c1-c1ccc2c3c(ccnc13)CCC2.CC(C)(C)C.CC(C)(C)C.CCC. The van der Waals surface area contributed by atoms with Gasteiger partial charge in [-0.1, -0.05) is 118 Å². The van der Waals surface area contributed by atoms with Crippen molar-refractivity contribution in [2.75, 3.05) is 19.0 Å². The number of fused-ring (bicyclic) bond motifs is 1. The summed E-state index contributed by atoms with van der Waals surface area (Å²) in [7, 11) is 3.92. The topological polar surface area (TPSA) is 41.9 Å². The van der Waals surface area contributed by atoms with E-state index >= 15 is 0 Å². The van der Waals surface area contributed by atoms with E-state index < -0.39 is 0 Å². The fraction of sp³-hybridized carbons (Fsp3) is 0.468. The highest BCUT2D eigenvalue weighted by Crippen LogP contribution is 2.43. The zero-order valence-corrected chi connectivity index (χ0v) is 34.7. The van der Waals surface area contributed by atoms with Crippen LogP contribution < -0.4 is 4.90 Å². The van der Waals surface area contributed by atoms with Gasteiger partial charge in [0.2, 0.25) is 5.95 Å². The fourth-order valence-electron chi connectivity index (χ4n) is 6.14. The van der Waals surface area contributed by atoms with E-state index in [0.29, 0.717) is 16.8 Å². The van der Waals surface area contributed by atoms with Crippen molar-refractivity contribution in [3.63, 3.8) is 0 Å². The van der Waals surface area contributed by atoms with E-state index in [4.69, 9.17) is 4.98 Å². The number of pyridine rings is 1. The van der Waals surface area contributed by atoms with Crippen LogP contribution in [0.1, 0.15) is 117 Å². The lowest BCUT2D eigenvalue weighted by Gasteiger charge is -2.23. The lowest BCUT2D eigenvalue weighted by atomic mass is 9.82. The van der Waals surface area contributed by atoms with Crippen LogP contribution in [0.25, 0.3) is 43.9 Å². The molecule has 2 heterocycles. The molecule has 1 aliphatic carbocycles. The minimum atomic E-state index is 0.500. The number of allylic oxidation sites excluding steroid dienone is 1. The van der Waals surface area contributed by atoms with Crippen molar-refractivity contribution in [2.45, 2.75) is 122 Å². The monoisotopic (exact) mass is 687 g/mol. The molecule has 4 nitrogen and oxygen atoms in total. The van der Waals surface area contributed by atoms with Gasteiger partial charge < -0.3 is 4.90 Å². The maximum Gasteiger partial charge on any atom is 0.224 e. The van der Waals surface area contributed by atoms with Crippen LogP contribution in [-0.2, 0) is 19.3 Å². The Kier molecular flexibility index (Phi) is 14.2. The van der Waals surface area contributed by atoms with E-state index in [0.717, 1.165) is 41.5 Å². The van der Waals surface area contributed by atoms with Gasteiger partial charge in [-0.05, 0) is 113 Å². The summed E-state index contributed by atoms with van der Waals surface area (Å²) in [4.78, 5) is 16.0. The lowest BCUT2D eigenvalue weighted by Crippen LogP contribution is -2.12. The molecule has 0 bridgehead atoms. The summed E-state index contributed by atoms with van der Waals surface area (Å²) in [6.45, 7) is 32.6. The van der Waals surface area contributed by atoms with Crippen molar-refractivity contribution in [1.29, 1.82) is 0 Å². The summed E-state index contributed by atoms with van der Waals surface area (Å²) < 4.78 is 0. The average molecular weight is 687 g/mol. The Balaban J connectivity index is 0.000000467. The third-order valence-electron chi connectivity index (χ3n) is 7.98. The fourth-order valence-corrected chi connectivity index (χ4v) is 6.14. The molecule has 0 saturated heterocycles. The molecule has 0 radical (unpaired) electrons. The molecule has 0 spiro atoms. The highest BCUT2D eigenvalue weighted by molar-refractivity contribution is 6.09. The molecule has 5 aromatic rings. The molecule has 0 amide bonds. The van der Waals surface area contributed by atoms with Crippen molar-refractivity contribution < 1.29 is 0 Å². The van der Waals surface area contributed by atoms with Crippen LogP contribution in [0.3, 0.4) is 0 Å². The van der Waals surface area contributed by atoms with Gasteiger partial charge in [0, 0.05) is 49.2 Å². The second-order valence-electron chi connectivity index (χ2n) is 17.7. The van der Waals surface area contributed by atoms with Crippen LogP contribution in [0.2, 0.25) is 0 Å². The first-order chi connectivity index (χ1) is 23.7. The first-order valence-corrected chi connectivity index (χ1v) is 18.8. The number of aryl methyl sites for hydroxylation is 4. The molecular weight excluding hydrogens is 621 g/mol. The van der Waals surface area contributed by atoms with Crippen LogP contribution >= 0.6 is 0 Å². The van der Waals surface area contributed by atoms with Crippen LogP contribution in [-0.4, -0.2) is 29.0 Å². The molecule has 274 valence electrons. The number of nitrogens with zero attached hydrogens (tertiary/aromatic N) is 4. The molecule has 0 unspecified atom stereocenters. The maximum atomic E-state index is 4.98. The van der Waals surface area contributed by atoms with Gasteiger partial charge in [0.15, 0.2) is 0 Å². The van der Waals surface area contributed by atoms with Crippen molar-refractivity contribution in [1.82, 2.24) is 15.0 Å². The van der Waals surface area contributed by atoms with Crippen LogP contribution in [0.4, 0.5) is 5.95 Å². The zero-order chi connectivity index (χ0) is 38.3. The lowest BCUT2D eigenvalue weighted by molar-refractivity contribution is 0.469. The van der Waals surface area contributed by atoms with E-state index in [-0.39, 0.29) is 0 Å². The van der Waals surface area contributed by atoms with Crippen LogP contribution in [0.5, 0.6) is 0 Å². The molecule has 3 aromatic carbocycles. The van der Waals surface area contributed by atoms with Gasteiger partial charge in [-0.3, -0.25) is 4.98 Å². The van der Waals surface area contributed by atoms with E-state index in [1.165, 1.54) is 67.9 Å². The predicted octanol–water partition coefficient (Wildman–Crippen LogP) is 13.3. The molecule has 0 aliphatic heterocycles. The average Bonchev–Trinajstić information content (AvgIpc) is 3.02. The highest BCUT2D eigenvalue weighted by atomic mass is 15.2. The Morgan fingerprint density at radius 3 is 1.82 bits per heavy atom. The number of benzene rings is 3. The summed E-state index contributed by atoms with van der Waals surface area (Å²) in [6.07, 6.45) is 11.4. The molecule has 6 rings (SSSR count). The van der Waals surface area contributed by atoms with E-state index in [9.17, 15) is 0 Å². The van der Waals surface area contributed by atoms with Crippen LogP contribution in [0.15, 0.2) is 67.1 Å². The Hall–Kier alpha value is -4.05. The highest BCUT2D eigenvalue weighted by Gasteiger charge is 2.22. The summed E-state index contributed by atoms with van der Waals surface area (Å²) >= 11 is 0. The molecule has 1 aliphatic rings. The Morgan fingerprint density at radius 1 is 0.765 bits per heavy atom. The number of anilines is 1. The van der Waals surface area contributed by atoms with Crippen molar-refractivity contribution in [3.8, 4) is 22.3 Å². The number of aromatic nitrogens is 3. The molecule has 0 atom stereocenters. The third kappa shape index (κ3) is 11.5. The van der Waals surface area contributed by atoms with Gasteiger partial charge in [-0.25, -0.2) is 9.97 Å². The Morgan fingerprint density at radius 2 is 1.29 bits per heavy atom.